The van der Waals surface area contributed by atoms with Crippen molar-refractivity contribution in [1.82, 2.24) is 5.43 Å². The standard InChI is InChI=1S/C21H26FN3O2/c1-2-3-4-5-14-27-20-12-6-17(7-13-20)15-24-25-21(26)16-23-19-10-8-18(22)9-11-19/h6-13,15,23H,2-5,14,16H2,1H3,(H,25,26)/b24-15+. The summed E-state index contributed by atoms with van der Waals surface area (Å²) < 4.78 is 18.5. The van der Waals surface area contributed by atoms with E-state index >= 15 is 0 Å². The average Bonchev–Trinajstić information content (AvgIpc) is 2.68. The molecule has 0 bridgehead atoms. The molecule has 0 aromatic heterocycles. The Hall–Kier alpha value is -2.89. The molecular weight excluding hydrogens is 345 g/mol. The van der Waals surface area contributed by atoms with E-state index < -0.39 is 0 Å². The zero-order chi connectivity index (χ0) is 19.3. The first-order chi connectivity index (χ1) is 13.2. The van der Waals surface area contributed by atoms with Crippen LogP contribution in [0.25, 0.3) is 0 Å². The number of anilines is 1. The topological polar surface area (TPSA) is 62.7 Å². The van der Waals surface area contributed by atoms with Gasteiger partial charge in [0.2, 0.25) is 0 Å². The number of halogens is 1. The summed E-state index contributed by atoms with van der Waals surface area (Å²) >= 11 is 0. The molecule has 0 spiro atoms. The lowest BCUT2D eigenvalue weighted by Crippen LogP contribution is -2.25. The fourth-order valence-electron chi connectivity index (χ4n) is 2.34. The maximum atomic E-state index is 12.8. The molecule has 0 aliphatic carbocycles. The van der Waals surface area contributed by atoms with Gasteiger partial charge >= 0.3 is 0 Å². The Balaban J connectivity index is 1.67. The molecule has 27 heavy (non-hydrogen) atoms. The minimum atomic E-state index is -0.317. The van der Waals surface area contributed by atoms with Crippen molar-refractivity contribution in [1.29, 1.82) is 0 Å². The van der Waals surface area contributed by atoms with Crippen molar-refractivity contribution in [3.63, 3.8) is 0 Å². The second-order valence-corrected chi connectivity index (χ2v) is 6.13. The summed E-state index contributed by atoms with van der Waals surface area (Å²) in [4.78, 5) is 11.7. The van der Waals surface area contributed by atoms with Gasteiger partial charge in [-0.2, -0.15) is 5.10 Å². The molecule has 0 heterocycles. The molecule has 1 amide bonds. The Morgan fingerprint density at radius 2 is 1.81 bits per heavy atom. The Morgan fingerprint density at radius 1 is 1.07 bits per heavy atom. The van der Waals surface area contributed by atoms with Gasteiger partial charge in [0.25, 0.3) is 5.91 Å². The second-order valence-electron chi connectivity index (χ2n) is 6.13. The first-order valence-electron chi connectivity index (χ1n) is 9.21. The van der Waals surface area contributed by atoms with Crippen LogP contribution in [0.4, 0.5) is 10.1 Å². The Labute approximate surface area is 159 Å². The summed E-state index contributed by atoms with van der Waals surface area (Å²) in [6.45, 7) is 2.96. The molecule has 6 heteroatoms. The van der Waals surface area contributed by atoms with Crippen molar-refractivity contribution >= 4 is 17.8 Å². The van der Waals surface area contributed by atoms with Crippen LogP contribution in [-0.4, -0.2) is 25.3 Å². The van der Waals surface area contributed by atoms with Crippen molar-refractivity contribution in [3.8, 4) is 5.75 Å². The number of nitrogens with one attached hydrogen (secondary N) is 2. The summed E-state index contributed by atoms with van der Waals surface area (Å²) in [6.07, 6.45) is 6.28. The van der Waals surface area contributed by atoms with Gasteiger partial charge in [-0.15, -0.1) is 0 Å². The van der Waals surface area contributed by atoms with E-state index in [0.29, 0.717) is 5.69 Å². The molecule has 0 radical (unpaired) electrons. The predicted molar refractivity (Wildman–Crippen MR) is 107 cm³/mol. The maximum Gasteiger partial charge on any atom is 0.259 e. The monoisotopic (exact) mass is 371 g/mol. The van der Waals surface area contributed by atoms with Crippen LogP contribution in [0.1, 0.15) is 38.2 Å². The maximum absolute atomic E-state index is 12.8. The first-order valence-corrected chi connectivity index (χ1v) is 9.21. The minimum Gasteiger partial charge on any atom is -0.494 e. The molecule has 2 aromatic rings. The molecule has 2 aromatic carbocycles. The van der Waals surface area contributed by atoms with E-state index in [0.717, 1.165) is 24.3 Å². The Morgan fingerprint density at radius 3 is 2.52 bits per heavy atom. The van der Waals surface area contributed by atoms with E-state index in [1.54, 1.807) is 18.3 Å². The number of rotatable bonds is 11. The number of hydrogen-bond donors (Lipinski definition) is 2. The van der Waals surface area contributed by atoms with E-state index in [1.807, 2.05) is 24.3 Å². The minimum absolute atomic E-state index is 0.0494. The van der Waals surface area contributed by atoms with Gasteiger partial charge in [-0.1, -0.05) is 26.2 Å². The normalized spacial score (nSPS) is 10.7. The highest BCUT2D eigenvalue weighted by atomic mass is 19.1. The lowest BCUT2D eigenvalue weighted by Gasteiger charge is -2.06. The second kappa shape index (κ2) is 11.7. The molecule has 2 N–H and O–H groups in total. The van der Waals surface area contributed by atoms with Crippen LogP contribution in [0.15, 0.2) is 53.6 Å². The van der Waals surface area contributed by atoms with E-state index in [9.17, 15) is 9.18 Å². The van der Waals surface area contributed by atoms with Crippen molar-refractivity contribution < 1.29 is 13.9 Å². The van der Waals surface area contributed by atoms with Gasteiger partial charge < -0.3 is 10.1 Å². The number of carbonyl (C=O) groups is 1. The van der Waals surface area contributed by atoms with Gasteiger partial charge in [0.15, 0.2) is 0 Å². The van der Waals surface area contributed by atoms with Crippen LogP contribution >= 0.6 is 0 Å². The van der Waals surface area contributed by atoms with Gasteiger partial charge in [0.1, 0.15) is 11.6 Å². The number of hydrogen-bond acceptors (Lipinski definition) is 4. The van der Waals surface area contributed by atoms with E-state index in [2.05, 4.69) is 22.8 Å². The molecule has 144 valence electrons. The highest BCUT2D eigenvalue weighted by Gasteiger charge is 2.00. The van der Waals surface area contributed by atoms with Crippen LogP contribution in [0.2, 0.25) is 0 Å². The smallest absolute Gasteiger partial charge is 0.259 e. The summed E-state index contributed by atoms with van der Waals surface area (Å²) in [7, 11) is 0. The number of benzene rings is 2. The molecule has 0 atom stereocenters. The lowest BCUT2D eigenvalue weighted by molar-refractivity contribution is -0.119. The third kappa shape index (κ3) is 8.35. The van der Waals surface area contributed by atoms with Gasteiger partial charge in [0, 0.05) is 5.69 Å². The number of carbonyl (C=O) groups excluding carboxylic acids is 1. The fraction of sp³-hybridized carbons (Fsp3) is 0.333. The predicted octanol–water partition coefficient (Wildman–Crippen LogP) is 4.35. The zero-order valence-electron chi connectivity index (χ0n) is 15.6. The average molecular weight is 371 g/mol. The van der Waals surface area contributed by atoms with Crippen LogP contribution < -0.4 is 15.5 Å². The highest BCUT2D eigenvalue weighted by molar-refractivity contribution is 5.84. The molecular formula is C21H26FN3O2. The van der Waals surface area contributed by atoms with Crippen molar-refractivity contribution in [2.24, 2.45) is 5.10 Å². The number of nitrogens with zero attached hydrogens (tertiary/aromatic N) is 1. The molecule has 0 saturated carbocycles. The molecule has 0 aliphatic rings. The largest absolute Gasteiger partial charge is 0.494 e. The van der Waals surface area contributed by atoms with Gasteiger partial charge in [0.05, 0.1) is 19.4 Å². The highest BCUT2D eigenvalue weighted by Crippen LogP contribution is 2.12. The van der Waals surface area contributed by atoms with Crippen LogP contribution in [-0.2, 0) is 4.79 Å². The summed E-state index contributed by atoms with van der Waals surface area (Å²) in [5.41, 5.74) is 3.97. The van der Waals surface area contributed by atoms with Crippen LogP contribution in [0, 0.1) is 5.82 Å². The summed E-state index contributed by atoms with van der Waals surface area (Å²) in [6, 6.07) is 13.3. The molecule has 0 unspecified atom stereocenters. The molecule has 5 nitrogen and oxygen atoms in total. The first kappa shape index (κ1) is 20.4. The molecule has 2 rings (SSSR count). The zero-order valence-corrected chi connectivity index (χ0v) is 15.6. The van der Waals surface area contributed by atoms with Crippen LogP contribution in [0.3, 0.4) is 0 Å². The number of hydrazone groups is 1. The third-order valence-corrected chi connectivity index (χ3v) is 3.85. The number of amides is 1. The Kier molecular flexibility index (Phi) is 8.83. The third-order valence-electron chi connectivity index (χ3n) is 3.85. The number of ether oxygens (including phenoxy) is 1. The summed E-state index contributed by atoms with van der Waals surface area (Å²) in [5.74, 6) is 0.223. The van der Waals surface area contributed by atoms with Gasteiger partial charge in [-0.3, -0.25) is 4.79 Å². The quantitative estimate of drug-likeness (QED) is 0.351. The van der Waals surface area contributed by atoms with Gasteiger partial charge in [-0.25, -0.2) is 9.82 Å². The molecule has 0 fully saturated rings. The van der Waals surface area contributed by atoms with Crippen molar-refractivity contribution in [2.45, 2.75) is 32.6 Å². The van der Waals surface area contributed by atoms with Crippen molar-refractivity contribution in [2.75, 3.05) is 18.5 Å². The van der Waals surface area contributed by atoms with E-state index in [1.165, 1.54) is 31.4 Å². The fourth-order valence-corrected chi connectivity index (χ4v) is 2.34. The molecule has 0 saturated heterocycles. The van der Waals surface area contributed by atoms with Crippen molar-refractivity contribution in [3.05, 3.63) is 59.9 Å². The Bertz CT molecular complexity index is 715. The van der Waals surface area contributed by atoms with Gasteiger partial charge in [-0.05, 0) is 60.5 Å². The SMILES string of the molecule is CCCCCCOc1ccc(/C=N/NC(=O)CNc2ccc(F)cc2)cc1. The van der Waals surface area contributed by atoms with Crippen LogP contribution in [0.5, 0.6) is 5.75 Å². The van der Waals surface area contributed by atoms with E-state index in [4.69, 9.17) is 4.74 Å². The number of unbranched alkanes of at least 4 members (excludes halogenated alkanes) is 3. The van der Waals surface area contributed by atoms with E-state index in [-0.39, 0.29) is 18.3 Å². The molecule has 0 aliphatic heterocycles. The lowest BCUT2D eigenvalue weighted by atomic mass is 10.2. The summed E-state index contributed by atoms with van der Waals surface area (Å²) in [5, 5.41) is 6.82.